The Morgan fingerprint density at radius 1 is 0.821 bits per heavy atom. The lowest BCUT2D eigenvalue weighted by Gasteiger charge is -2.03. The molecule has 0 saturated heterocycles. The van der Waals surface area contributed by atoms with E-state index in [0.29, 0.717) is 32.0 Å². The Morgan fingerprint density at radius 2 is 1.39 bits per heavy atom. The summed E-state index contributed by atoms with van der Waals surface area (Å²) in [6.07, 6.45) is 20.5. The van der Waals surface area contributed by atoms with Gasteiger partial charge in [0.15, 0.2) is 0 Å². The lowest BCUT2D eigenvalue weighted by Crippen LogP contribution is -2.40. The van der Waals surface area contributed by atoms with E-state index in [0.717, 1.165) is 44.9 Å². The molecule has 1 aliphatic carbocycles. The first-order chi connectivity index (χ1) is 13.6. The molecule has 28 heavy (non-hydrogen) atoms. The third-order valence-electron chi connectivity index (χ3n) is 4.10. The van der Waals surface area contributed by atoms with E-state index < -0.39 is 11.8 Å². The van der Waals surface area contributed by atoms with Crippen LogP contribution in [0.2, 0.25) is 0 Å². The van der Waals surface area contributed by atoms with Crippen molar-refractivity contribution in [3.05, 3.63) is 36.5 Å². The molecule has 0 aromatic heterocycles. The monoisotopic (exact) mass is 389 g/mol. The van der Waals surface area contributed by atoms with Gasteiger partial charge in [0.25, 0.3) is 0 Å². The zero-order valence-corrected chi connectivity index (χ0v) is 17.0. The van der Waals surface area contributed by atoms with Gasteiger partial charge in [-0.15, -0.1) is 0 Å². The number of nitrogens with one attached hydrogen (secondary N) is 3. The third kappa shape index (κ3) is 13.8. The van der Waals surface area contributed by atoms with Crippen molar-refractivity contribution >= 4 is 17.7 Å². The second-order valence-electron chi connectivity index (χ2n) is 6.92. The Hall–Kier alpha value is -2.37. The van der Waals surface area contributed by atoms with Gasteiger partial charge in [-0.1, -0.05) is 43.4 Å². The molecule has 0 atom stereocenters. The van der Waals surface area contributed by atoms with Crippen molar-refractivity contribution in [2.24, 2.45) is 0 Å². The number of hydrogen-bond acceptors (Lipinski definition) is 3. The summed E-state index contributed by atoms with van der Waals surface area (Å²) in [5.74, 6) is -0.956. The van der Waals surface area contributed by atoms with Crippen molar-refractivity contribution in [2.75, 3.05) is 13.1 Å². The number of carbonyl (C=O) groups excluding carboxylic acids is 3. The van der Waals surface area contributed by atoms with Crippen LogP contribution in [0.3, 0.4) is 0 Å². The zero-order chi connectivity index (χ0) is 20.5. The molecule has 0 aliphatic heterocycles. The molecule has 1 saturated carbocycles. The molecule has 0 spiro atoms. The summed E-state index contributed by atoms with van der Waals surface area (Å²) in [5, 5.41) is 8.13. The van der Waals surface area contributed by atoms with E-state index in [-0.39, 0.29) is 5.91 Å². The maximum Gasteiger partial charge on any atom is 0.309 e. The van der Waals surface area contributed by atoms with E-state index in [2.05, 4.69) is 40.3 Å². The molecule has 0 bridgehead atoms. The van der Waals surface area contributed by atoms with Gasteiger partial charge in [0.2, 0.25) is 5.91 Å². The minimum atomic E-state index is -0.572. The summed E-state index contributed by atoms with van der Waals surface area (Å²) in [7, 11) is 0. The molecule has 1 fully saturated rings. The molecule has 3 N–H and O–H groups in total. The lowest BCUT2D eigenvalue weighted by atomic mass is 10.2. The summed E-state index contributed by atoms with van der Waals surface area (Å²) in [5.41, 5.74) is 0. The molecular formula is C22H35N3O3. The Morgan fingerprint density at radius 3 is 2.00 bits per heavy atom. The van der Waals surface area contributed by atoms with Gasteiger partial charge in [0, 0.05) is 25.6 Å². The van der Waals surface area contributed by atoms with Crippen molar-refractivity contribution < 1.29 is 14.4 Å². The molecular weight excluding hydrogens is 354 g/mol. The van der Waals surface area contributed by atoms with E-state index in [1.165, 1.54) is 0 Å². The second-order valence-corrected chi connectivity index (χ2v) is 6.92. The van der Waals surface area contributed by atoms with Gasteiger partial charge in [0.1, 0.15) is 0 Å². The van der Waals surface area contributed by atoms with Gasteiger partial charge in [-0.3, -0.25) is 14.4 Å². The Bertz CT molecular complexity index is 563. The first-order valence-electron chi connectivity index (χ1n) is 10.4. The van der Waals surface area contributed by atoms with Gasteiger partial charge < -0.3 is 16.0 Å². The van der Waals surface area contributed by atoms with Crippen molar-refractivity contribution in [3.8, 4) is 0 Å². The number of unbranched alkanes of at least 4 members (excludes halogenated alkanes) is 1. The summed E-state index contributed by atoms with van der Waals surface area (Å²) in [4.78, 5) is 34.3. The largest absolute Gasteiger partial charge is 0.353 e. The highest BCUT2D eigenvalue weighted by Gasteiger charge is 2.22. The molecule has 0 unspecified atom stereocenters. The number of hydrogen-bond donors (Lipinski definition) is 3. The average Bonchev–Trinajstić information content (AvgIpc) is 3.49. The fraction of sp³-hybridized carbons (Fsp3) is 0.591. The normalized spacial score (nSPS) is 14.0. The van der Waals surface area contributed by atoms with E-state index in [1.807, 2.05) is 19.1 Å². The summed E-state index contributed by atoms with van der Waals surface area (Å²) < 4.78 is 0. The van der Waals surface area contributed by atoms with Crippen LogP contribution in [-0.4, -0.2) is 36.9 Å². The predicted molar refractivity (Wildman–Crippen MR) is 113 cm³/mol. The number of carbonyl (C=O) groups is 3. The molecule has 0 radical (unpaired) electrons. The maximum atomic E-state index is 11.5. The van der Waals surface area contributed by atoms with Gasteiger partial charge >= 0.3 is 11.8 Å². The number of rotatable bonds is 14. The molecule has 0 heterocycles. The highest BCUT2D eigenvalue weighted by Crippen LogP contribution is 2.18. The fourth-order valence-corrected chi connectivity index (χ4v) is 2.35. The van der Waals surface area contributed by atoms with Crippen molar-refractivity contribution in [1.29, 1.82) is 0 Å². The molecule has 0 aromatic carbocycles. The highest BCUT2D eigenvalue weighted by atomic mass is 16.2. The van der Waals surface area contributed by atoms with Crippen LogP contribution in [0.5, 0.6) is 0 Å². The summed E-state index contributed by atoms with van der Waals surface area (Å²) >= 11 is 0. The van der Waals surface area contributed by atoms with Crippen molar-refractivity contribution in [2.45, 2.75) is 70.8 Å². The smallest absolute Gasteiger partial charge is 0.309 e. The van der Waals surface area contributed by atoms with Crippen LogP contribution in [-0.2, 0) is 14.4 Å². The Kier molecular flexibility index (Phi) is 13.2. The van der Waals surface area contributed by atoms with Gasteiger partial charge in [-0.2, -0.15) is 0 Å². The number of amides is 3. The first-order valence-corrected chi connectivity index (χ1v) is 10.4. The predicted octanol–water partition coefficient (Wildman–Crippen LogP) is 2.92. The minimum absolute atomic E-state index is 0.182. The van der Waals surface area contributed by atoms with E-state index >= 15 is 0 Å². The number of allylic oxidation sites excluding steroid dienone is 5. The standard InChI is InChI=1S/C22H35N3O3/c1-2-17-23-21(27)22(28)24-18-13-11-9-7-5-3-4-6-8-10-12-14-20(26)25-19-15-16-19/h3,5-6,8-9,11,19H,2,4,7,10,12-18H2,1H3,(H,23,27)(H,24,28)(H,25,26)/b5-3-,8-6-,11-9-. The van der Waals surface area contributed by atoms with Gasteiger partial charge in [-0.25, -0.2) is 0 Å². The molecule has 156 valence electrons. The van der Waals surface area contributed by atoms with Crippen molar-refractivity contribution in [3.63, 3.8) is 0 Å². The van der Waals surface area contributed by atoms with E-state index in [9.17, 15) is 14.4 Å². The lowest BCUT2D eigenvalue weighted by molar-refractivity contribution is -0.139. The average molecular weight is 390 g/mol. The Labute approximate surface area is 168 Å². The van der Waals surface area contributed by atoms with E-state index in [4.69, 9.17) is 0 Å². The fourth-order valence-electron chi connectivity index (χ4n) is 2.35. The van der Waals surface area contributed by atoms with E-state index in [1.54, 1.807) is 0 Å². The summed E-state index contributed by atoms with van der Waals surface area (Å²) in [6.45, 7) is 2.91. The maximum absolute atomic E-state index is 11.5. The zero-order valence-electron chi connectivity index (χ0n) is 17.0. The van der Waals surface area contributed by atoms with Crippen molar-refractivity contribution in [1.82, 2.24) is 16.0 Å². The second kappa shape index (κ2) is 15.7. The van der Waals surface area contributed by atoms with Gasteiger partial charge in [0.05, 0.1) is 0 Å². The molecule has 0 aromatic rings. The molecule has 6 heteroatoms. The van der Waals surface area contributed by atoms with Crippen LogP contribution in [0.15, 0.2) is 36.5 Å². The SMILES string of the molecule is CCCNC(=O)C(=O)NCC/C=C\C/C=C\C/C=C\CCCC(=O)NC1CC1. The quantitative estimate of drug-likeness (QED) is 0.242. The van der Waals surface area contributed by atoms with Crippen LogP contribution in [0.4, 0.5) is 0 Å². The van der Waals surface area contributed by atoms with Crippen LogP contribution in [0.25, 0.3) is 0 Å². The van der Waals surface area contributed by atoms with Crippen LogP contribution < -0.4 is 16.0 Å². The summed E-state index contributed by atoms with van der Waals surface area (Å²) in [6, 6.07) is 0.457. The molecule has 3 amide bonds. The highest BCUT2D eigenvalue weighted by molar-refractivity contribution is 6.35. The molecule has 1 aliphatic rings. The van der Waals surface area contributed by atoms with Crippen LogP contribution in [0.1, 0.15) is 64.7 Å². The van der Waals surface area contributed by atoms with Crippen LogP contribution >= 0.6 is 0 Å². The van der Waals surface area contributed by atoms with Gasteiger partial charge in [-0.05, 0) is 51.4 Å². The molecule has 6 nitrogen and oxygen atoms in total. The first kappa shape index (κ1) is 23.7. The minimum Gasteiger partial charge on any atom is -0.353 e. The third-order valence-corrected chi connectivity index (χ3v) is 4.10. The van der Waals surface area contributed by atoms with Crippen LogP contribution in [0, 0.1) is 0 Å². The topological polar surface area (TPSA) is 87.3 Å². The Balaban J connectivity index is 1.91. The molecule has 1 rings (SSSR count).